The molecule has 1 aliphatic carbocycles. The first-order chi connectivity index (χ1) is 14.3. The van der Waals surface area contributed by atoms with Crippen molar-refractivity contribution in [3.63, 3.8) is 0 Å². The SMILES string of the molecule is CCC(C)NS(=O)(=O)c1ccc2c(c1)C1C=CCC1C(c1ccc(OC)c(O)c1)N2. The molecule has 0 saturated carbocycles. The molecule has 4 atom stereocenters. The Labute approximate surface area is 178 Å². The van der Waals surface area contributed by atoms with Crippen LogP contribution in [0.25, 0.3) is 0 Å². The normalized spacial score (nSPS) is 23.4. The van der Waals surface area contributed by atoms with E-state index < -0.39 is 10.0 Å². The summed E-state index contributed by atoms with van der Waals surface area (Å²) in [6, 6.07) is 10.7. The Morgan fingerprint density at radius 3 is 2.77 bits per heavy atom. The van der Waals surface area contributed by atoms with Gasteiger partial charge in [-0.05, 0) is 67.1 Å². The zero-order chi connectivity index (χ0) is 21.5. The molecule has 0 amide bonds. The summed E-state index contributed by atoms with van der Waals surface area (Å²) in [6.07, 6.45) is 5.94. The number of benzene rings is 2. The fraction of sp³-hybridized carbons (Fsp3) is 0.391. The maximum absolute atomic E-state index is 12.8. The Morgan fingerprint density at radius 1 is 1.27 bits per heavy atom. The van der Waals surface area contributed by atoms with E-state index in [4.69, 9.17) is 4.74 Å². The molecule has 0 bridgehead atoms. The number of rotatable bonds is 6. The van der Waals surface area contributed by atoms with Crippen LogP contribution < -0.4 is 14.8 Å². The number of hydrogen-bond acceptors (Lipinski definition) is 5. The smallest absolute Gasteiger partial charge is 0.240 e. The molecule has 0 aromatic heterocycles. The lowest BCUT2D eigenvalue weighted by Crippen LogP contribution is -2.33. The summed E-state index contributed by atoms with van der Waals surface area (Å²) < 4.78 is 33.4. The summed E-state index contributed by atoms with van der Waals surface area (Å²) in [5, 5.41) is 13.8. The second kappa shape index (κ2) is 7.96. The zero-order valence-corrected chi connectivity index (χ0v) is 18.2. The first-order valence-corrected chi connectivity index (χ1v) is 11.8. The molecule has 7 heteroatoms. The van der Waals surface area contributed by atoms with Gasteiger partial charge in [0.2, 0.25) is 10.0 Å². The van der Waals surface area contributed by atoms with Gasteiger partial charge in [-0.3, -0.25) is 0 Å². The Morgan fingerprint density at radius 2 is 2.07 bits per heavy atom. The van der Waals surface area contributed by atoms with Crippen molar-refractivity contribution < 1.29 is 18.3 Å². The largest absolute Gasteiger partial charge is 0.504 e. The molecule has 0 radical (unpaired) electrons. The van der Waals surface area contributed by atoms with E-state index in [0.29, 0.717) is 10.6 Å². The highest BCUT2D eigenvalue weighted by atomic mass is 32.2. The monoisotopic (exact) mass is 428 g/mol. The maximum Gasteiger partial charge on any atom is 0.240 e. The number of phenolic OH excluding ortho intramolecular Hbond substituents is 1. The van der Waals surface area contributed by atoms with Gasteiger partial charge in [0.15, 0.2) is 11.5 Å². The molecule has 30 heavy (non-hydrogen) atoms. The molecule has 0 saturated heterocycles. The molecule has 3 N–H and O–H groups in total. The molecule has 6 nitrogen and oxygen atoms in total. The van der Waals surface area contributed by atoms with Crippen LogP contribution in [-0.2, 0) is 10.0 Å². The van der Waals surface area contributed by atoms with Crippen LogP contribution in [0.4, 0.5) is 5.69 Å². The van der Waals surface area contributed by atoms with Crippen molar-refractivity contribution in [1.82, 2.24) is 4.72 Å². The molecule has 2 aromatic rings. The van der Waals surface area contributed by atoms with E-state index in [9.17, 15) is 13.5 Å². The van der Waals surface area contributed by atoms with Crippen LogP contribution in [0.1, 0.15) is 49.8 Å². The fourth-order valence-corrected chi connectivity index (χ4v) is 5.75. The van der Waals surface area contributed by atoms with Crippen molar-refractivity contribution in [3.8, 4) is 11.5 Å². The average molecular weight is 429 g/mol. The van der Waals surface area contributed by atoms with Crippen molar-refractivity contribution in [2.75, 3.05) is 12.4 Å². The Hall–Kier alpha value is -2.51. The second-order valence-corrected chi connectivity index (χ2v) is 9.80. The van der Waals surface area contributed by atoms with Gasteiger partial charge in [0.05, 0.1) is 18.0 Å². The molecule has 0 spiro atoms. The van der Waals surface area contributed by atoms with Crippen molar-refractivity contribution in [3.05, 3.63) is 59.7 Å². The number of methoxy groups -OCH3 is 1. The van der Waals surface area contributed by atoms with Gasteiger partial charge in [0, 0.05) is 17.6 Å². The molecule has 160 valence electrons. The summed E-state index contributed by atoms with van der Waals surface area (Å²) in [4.78, 5) is 0.294. The number of hydrogen-bond donors (Lipinski definition) is 3. The summed E-state index contributed by atoms with van der Waals surface area (Å²) in [5.41, 5.74) is 2.90. The predicted octanol–water partition coefficient (Wildman–Crippen LogP) is 4.30. The molecule has 2 aromatic carbocycles. The van der Waals surface area contributed by atoms with Crippen LogP contribution in [0.5, 0.6) is 11.5 Å². The highest BCUT2D eigenvalue weighted by Crippen LogP contribution is 2.50. The van der Waals surface area contributed by atoms with E-state index in [-0.39, 0.29) is 29.7 Å². The summed E-state index contributed by atoms with van der Waals surface area (Å²) in [5.74, 6) is 0.919. The van der Waals surface area contributed by atoms with E-state index >= 15 is 0 Å². The number of phenols is 1. The third kappa shape index (κ3) is 3.68. The summed E-state index contributed by atoms with van der Waals surface area (Å²) >= 11 is 0. The molecule has 1 heterocycles. The Kier molecular flexibility index (Phi) is 5.51. The van der Waals surface area contributed by atoms with Gasteiger partial charge in [-0.15, -0.1) is 0 Å². The molecular weight excluding hydrogens is 400 g/mol. The lowest BCUT2D eigenvalue weighted by molar-refractivity contribution is 0.371. The number of fused-ring (bicyclic) bond motifs is 3. The van der Waals surface area contributed by atoms with Crippen LogP contribution in [-0.4, -0.2) is 26.7 Å². The standard InChI is InChI=1S/C23H28N2O4S/c1-4-14(2)25-30(27,28)16-9-10-20-19(13-16)17-6-5-7-18(17)23(24-20)15-8-11-22(29-3)21(26)12-15/h5-6,8-14,17-18,23-26H,4,7H2,1-3H3. The Balaban J connectivity index is 1.70. The van der Waals surface area contributed by atoms with Gasteiger partial charge < -0.3 is 15.2 Å². The quantitative estimate of drug-likeness (QED) is 0.597. The van der Waals surface area contributed by atoms with E-state index in [1.165, 1.54) is 7.11 Å². The fourth-order valence-electron chi connectivity index (χ4n) is 4.39. The number of allylic oxidation sites excluding steroid dienone is 2. The minimum absolute atomic E-state index is 0.00926. The third-order valence-electron chi connectivity index (χ3n) is 6.18. The number of aromatic hydroxyl groups is 1. The minimum atomic E-state index is -3.56. The molecular formula is C23H28N2O4S. The molecule has 4 unspecified atom stereocenters. The number of ether oxygens (including phenoxy) is 1. The third-order valence-corrected chi connectivity index (χ3v) is 7.76. The molecule has 2 aliphatic rings. The van der Waals surface area contributed by atoms with Gasteiger partial charge >= 0.3 is 0 Å². The van der Waals surface area contributed by atoms with Crippen LogP contribution in [0.15, 0.2) is 53.4 Å². The van der Waals surface area contributed by atoms with Gasteiger partial charge in [-0.25, -0.2) is 13.1 Å². The van der Waals surface area contributed by atoms with Gasteiger partial charge in [-0.1, -0.05) is 25.1 Å². The van der Waals surface area contributed by atoms with Gasteiger partial charge in [0.1, 0.15) is 0 Å². The van der Waals surface area contributed by atoms with Gasteiger partial charge in [0.25, 0.3) is 0 Å². The van der Waals surface area contributed by atoms with Crippen LogP contribution >= 0.6 is 0 Å². The summed E-state index contributed by atoms with van der Waals surface area (Å²) in [7, 11) is -2.03. The van der Waals surface area contributed by atoms with E-state index in [1.54, 1.807) is 24.3 Å². The van der Waals surface area contributed by atoms with Gasteiger partial charge in [-0.2, -0.15) is 0 Å². The van der Waals surface area contributed by atoms with Crippen LogP contribution in [0.3, 0.4) is 0 Å². The molecule has 0 fully saturated rings. The second-order valence-electron chi connectivity index (χ2n) is 8.09. The maximum atomic E-state index is 12.8. The lowest BCUT2D eigenvalue weighted by atomic mass is 9.77. The highest BCUT2D eigenvalue weighted by Gasteiger charge is 2.38. The lowest BCUT2D eigenvalue weighted by Gasteiger charge is -2.37. The Bertz CT molecular complexity index is 1080. The first kappa shape index (κ1) is 20.8. The predicted molar refractivity (Wildman–Crippen MR) is 118 cm³/mol. The molecule has 4 rings (SSSR count). The summed E-state index contributed by atoms with van der Waals surface area (Å²) in [6.45, 7) is 3.82. The number of anilines is 1. The van der Waals surface area contributed by atoms with Crippen molar-refractivity contribution >= 4 is 15.7 Å². The highest BCUT2D eigenvalue weighted by molar-refractivity contribution is 7.89. The van der Waals surface area contributed by atoms with E-state index in [0.717, 1.165) is 29.7 Å². The number of sulfonamides is 1. The van der Waals surface area contributed by atoms with Crippen molar-refractivity contribution in [2.24, 2.45) is 5.92 Å². The van der Waals surface area contributed by atoms with Crippen molar-refractivity contribution in [2.45, 2.75) is 49.6 Å². The van der Waals surface area contributed by atoms with Crippen molar-refractivity contribution in [1.29, 1.82) is 0 Å². The number of nitrogens with one attached hydrogen (secondary N) is 2. The minimum Gasteiger partial charge on any atom is -0.504 e. The zero-order valence-electron chi connectivity index (χ0n) is 17.4. The molecule has 1 aliphatic heterocycles. The van der Waals surface area contributed by atoms with Crippen LogP contribution in [0, 0.1) is 5.92 Å². The van der Waals surface area contributed by atoms with E-state index in [2.05, 4.69) is 22.2 Å². The topological polar surface area (TPSA) is 87.7 Å². The van der Waals surface area contributed by atoms with Crippen LogP contribution in [0.2, 0.25) is 0 Å². The van der Waals surface area contributed by atoms with E-state index in [1.807, 2.05) is 26.0 Å². The first-order valence-electron chi connectivity index (χ1n) is 10.3. The average Bonchev–Trinajstić information content (AvgIpc) is 3.22.